The minimum atomic E-state index is -0.106. The molecule has 2 aromatic rings. The normalized spacial score (nSPS) is 19.7. The van der Waals surface area contributed by atoms with E-state index in [0.717, 1.165) is 48.9 Å². The number of nitrogens with zero attached hydrogens (tertiary/aromatic N) is 4. The average Bonchev–Trinajstić information content (AvgIpc) is 3.03. The van der Waals surface area contributed by atoms with Crippen molar-refractivity contribution in [2.24, 2.45) is 5.92 Å². The van der Waals surface area contributed by atoms with Gasteiger partial charge in [-0.1, -0.05) is 25.1 Å². The summed E-state index contributed by atoms with van der Waals surface area (Å²) < 4.78 is 7.89. The van der Waals surface area contributed by atoms with E-state index in [4.69, 9.17) is 4.74 Å². The predicted molar refractivity (Wildman–Crippen MR) is 83.9 cm³/mol. The van der Waals surface area contributed by atoms with Gasteiger partial charge in [-0.3, -0.25) is 4.79 Å². The maximum atomic E-state index is 12.8. The van der Waals surface area contributed by atoms with Gasteiger partial charge >= 0.3 is 0 Å². The van der Waals surface area contributed by atoms with Crippen LogP contribution in [-0.4, -0.2) is 38.7 Å². The number of hydrogen-bond acceptors (Lipinski definition) is 4. The summed E-state index contributed by atoms with van der Waals surface area (Å²) in [6.07, 6.45) is 1.62. The number of fused-ring (bicyclic) bond motifs is 2. The van der Waals surface area contributed by atoms with Crippen molar-refractivity contribution in [2.45, 2.75) is 32.9 Å². The number of amides is 1. The summed E-state index contributed by atoms with van der Waals surface area (Å²) in [7, 11) is 0. The van der Waals surface area contributed by atoms with Gasteiger partial charge < -0.3 is 14.2 Å². The Morgan fingerprint density at radius 1 is 1.30 bits per heavy atom. The molecule has 1 atom stereocenters. The van der Waals surface area contributed by atoms with Crippen molar-refractivity contribution in [2.75, 3.05) is 13.2 Å². The molecule has 2 aliphatic rings. The van der Waals surface area contributed by atoms with Crippen LogP contribution >= 0.6 is 0 Å². The summed E-state index contributed by atoms with van der Waals surface area (Å²) in [5, 5.41) is 8.43. The number of ether oxygens (including phenoxy) is 1. The maximum absolute atomic E-state index is 12.8. The fourth-order valence-corrected chi connectivity index (χ4v) is 3.41. The lowest BCUT2D eigenvalue weighted by Gasteiger charge is -2.32. The van der Waals surface area contributed by atoms with Crippen LogP contribution in [0.5, 0.6) is 5.75 Å². The van der Waals surface area contributed by atoms with E-state index in [9.17, 15) is 4.79 Å². The van der Waals surface area contributed by atoms with Crippen molar-refractivity contribution in [1.82, 2.24) is 19.7 Å². The van der Waals surface area contributed by atoms with E-state index < -0.39 is 0 Å². The summed E-state index contributed by atoms with van der Waals surface area (Å²) in [6.45, 7) is 4.57. The maximum Gasteiger partial charge on any atom is 0.229 e. The first-order valence-electron chi connectivity index (χ1n) is 8.16. The van der Waals surface area contributed by atoms with Crippen molar-refractivity contribution in [1.29, 1.82) is 0 Å². The molecule has 0 saturated heterocycles. The third kappa shape index (κ3) is 2.48. The molecule has 0 N–H and O–H groups in total. The van der Waals surface area contributed by atoms with E-state index in [1.165, 1.54) is 0 Å². The molecule has 0 fully saturated rings. The highest BCUT2D eigenvalue weighted by molar-refractivity contribution is 5.79. The highest BCUT2D eigenvalue weighted by Crippen LogP contribution is 2.28. The summed E-state index contributed by atoms with van der Waals surface area (Å²) in [4.78, 5) is 14.7. The van der Waals surface area contributed by atoms with Crippen LogP contribution in [0.2, 0.25) is 0 Å². The van der Waals surface area contributed by atoms with Crippen LogP contribution in [0.4, 0.5) is 0 Å². The summed E-state index contributed by atoms with van der Waals surface area (Å²) >= 11 is 0. The number of carbonyl (C=O) groups excluding carboxylic acids is 1. The second-order valence-electron chi connectivity index (χ2n) is 6.12. The van der Waals surface area contributed by atoms with Crippen LogP contribution < -0.4 is 4.74 Å². The zero-order valence-electron chi connectivity index (χ0n) is 13.2. The molecule has 0 bridgehead atoms. The van der Waals surface area contributed by atoms with Crippen molar-refractivity contribution in [3.63, 3.8) is 0 Å². The first kappa shape index (κ1) is 14.2. The quantitative estimate of drug-likeness (QED) is 0.842. The second-order valence-corrected chi connectivity index (χ2v) is 6.12. The summed E-state index contributed by atoms with van der Waals surface area (Å²) in [5.74, 6) is 2.85. The Morgan fingerprint density at radius 3 is 3.04 bits per heavy atom. The zero-order chi connectivity index (χ0) is 15.8. The average molecular weight is 312 g/mol. The molecule has 1 aromatic carbocycles. The predicted octanol–water partition coefficient (Wildman–Crippen LogP) is 1.43. The van der Waals surface area contributed by atoms with Gasteiger partial charge in [0.15, 0.2) is 5.82 Å². The van der Waals surface area contributed by atoms with Gasteiger partial charge in [-0.05, 0) is 18.1 Å². The molecule has 1 aromatic heterocycles. The molecular formula is C17H20N4O2. The third-order valence-corrected chi connectivity index (χ3v) is 4.69. The molecule has 0 unspecified atom stereocenters. The molecule has 2 aliphatic heterocycles. The molecule has 0 aliphatic carbocycles. The summed E-state index contributed by atoms with van der Waals surface area (Å²) in [5.41, 5.74) is 1.12. The van der Waals surface area contributed by atoms with Gasteiger partial charge in [0.1, 0.15) is 18.2 Å². The molecule has 4 rings (SSSR count). The summed E-state index contributed by atoms with van der Waals surface area (Å²) in [6, 6.07) is 7.95. The monoisotopic (exact) mass is 312 g/mol. The molecular weight excluding hydrogens is 292 g/mol. The van der Waals surface area contributed by atoms with Gasteiger partial charge in [0.2, 0.25) is 5.91 Å². The van der Waals surface area contributed by atoms with Crippen molar-refractivity contribution in [3.05, 3.63) is 41.5 Å². The number of hydrogen-bond donors (Lipinski definition) is 0. The fourth-order valence-electron chi connectivity index (χ4n) is 3.41. The second kappa shape index (κ2) is 5.68. The Balaban J connectivity index is 1.48. The van der Waals surface area contributed by atoms with Crippen LogP contribution in [0.3, 0.4) is 0 Å². The lowest BCUT2D eigenvalue weighted by atomic mass is 9.95. The Kier molecular flexibility index (Phi) is 3.52. The highest BCUT2D eigenvalue weighted by atomic mass is 16.5. The molecule has 1 amide bonds. The van der Waals surface area contributed by atoms with Crippen molar-refractivity contribution in [3.8, 4) is 5.75 Å². The van der Waals surface area contributed by atoms with Crippen molar-refractivity contribution < 1.29 is 9.53 Å². The standard InChI is InChI=1S/C17H20N4O2/c1-2-15-18-19-16-10-20(7-8-21(15)16)17(22)13-9-12-5-3-4-6-14(12)23-11-13/h3-6,13H,2,7-11H2,1H3/t13-/m0/s1. The van der Waals surface area contributed by atoms with Crippen LogP contribution in [-0.2, 0) is 30.7 Å². The van der Waals surface area contributed by atoms with Crippen molar-refractivity contribution >= 4 is 5.91 Å². The number of aromatic nitrogens is 3. The van der Waals surface area contributed by atoms with E-state index >= 15 is 0 Å². The van der Waals surface area contributed by atoms with Gasteiger partial charge in [0.25, 0.3) is 0 Å². The molecule has 3 heterocycles. The van der Waals surface area contributed by atoms with Gasteiger partial charge in [-0.25, -0.2) is 0 Å². The van der Waals surface area contributed by atoms with E-state index in [0.29, 0.717) is 13.2 Å². The third-order valence-electron chi connectivity index (χ3n) is 4.69. The van der Waals surface area contributed by atoms with E-state index in [1.807, 2.05) is 29.2 Å². The van der Waals surface area contributed by atoms with Crippen LogP contribution in [0.1, 0.15) is 24.1 Å². The van der Waals surface area contributed by atoms with Crippen LogP contribution in [0.25, 0.3) is 0 Å². The SMILES string of the molecule is CCc1nnc2n1CCN(C(=O)[C@@H]1COc3ccccc3C1)C2. The number of carbonyl (C=O) groups is 1. The molecule has 0 radical (unpaired) electrons. The molecule has 120 valence electrons. The van der Waals surface area contributed by atoms with E-state index in [-0.39, 0.29) is 11.8 Å². The van der Waals surface area contributed by atoms with Gasteiger partial charge in [0.05, 0.1) is 12.5 Å². The Labute approximate surface area is 135 Å². The van der Waals surface area contributed by atoms with Crippen LogP contribution in [0, 0.1) is 5.92 Å². The minimum Gasteiger partial charge on any atom is -0.492 e. The first-order chi connectivity index (χ1) is 11.3. The minimum absolute atomic E-state index is 0.106. The topological polar surface area (TPSA) is 60.2 Å². The number of rotatable bonds is 2. The Bertz CT molecular complexity index is 740. The smallest absolute Gasteiger partial charge is 0.229 e. The van der Waals surface area contributed by atoms with E-state index in [1.54, 1.807) is 0 Å². The number of para-hydroxylation sites is 1. The van der Waals surface area contributed by atoms with Crippen LogP contribution in [0.15, 0.2) is 24.3 Å². The lowest BCUT2D eigenvalue weighted by molar-refractivity contribution is -0.138. The van der Waals surface area contributed by atoms with Gasteiger partial charge in [0, 0.05) is 19.5 Å². The molecule has 0 saturated carbocycles. The fraction of sp³-hybridized carbons (Fsp3) is 0.471. The number of aryl methyl sites for hydroxylation is 1. The van der Waals surface area contributed by atoms with Gasteiger partial charge in [-0.2, -0.15) is 0 Å². The Morgan fingerprint density at radius 2 is 2.17 bits per heavy atom. The first-order valence-corrected chi connectivity index (χ1v) is 8.16. The van der Waals surface area contributed by atoms with Gasteiger partial charge in [-0.15, -0.1) is 10.2 Å². The Hall–Kier alpha value is -2.37. The molecule has 0 spiro atoms. The molecule has 23 heavy (non-hydrogen) atoms. The lowest BCUT2D eigenvalue weighted by Crippen LogP contribution is -2.44. The van der Waals surface area contributed by atoms with E-state index in [2.05, 4.69) is 21.7 Å². The molecule has 6 heteroatoms. The highest BCUT2D eigenvalue weighted by Gasteiger charge is 2.32. The zero-order valence-corrected chi connectivity index (χ0v) is 13.2. The number of benzene rings is 1. The largest absolute Gasteiger partial charge is 0.492 e. The molecule has 6 nitrogen and oxygen atoms in total.